The number of amides is 2. The Kier molecular flexibility index (Phi) is 7.25. The quantitative estimate of drug-likeness (QED) is 0.529. The van der Waals surface area contributed by atoms with E-state index in [0.717, 1.165) is 15.6 Å². The van der Waals surface area contributed by atoms with Crippen LogP contribution in [-0.4, -0.2) is 30.4 Å². The fourth-order valence-corrected chi connectivity index (χ4v) is 3.18. The Morgan fingerprint density at radius 2 is 1.77 bits per heavy atom. The van der Waals surface area contributed by atoms with Crippen LogP contribution in [0.1, 0.15) is 21.5 Å². The molecule has 5 nitrogen and oxygen atoms in total. The molecule has 0 aliphatic rings. The fraction of sp³-hybridized carbons (Fsp3) is 0.167. The highest BCUT2D eigenvalue weighted by atomic mass is 79.9. The first kappa shape index (κ1) is 21.6. The second kappa shape index (κ2) is 10.1. The summed E-state index contributed by atoms with van der Waals surface area (Å²) >= 11 is 3.43. The van der Waals surface area contributed by atoms with Gasteiger partial charge >= 0.3 is 0 Å². The molecule has 0 spiro atoms. The zero-order chi connectivity index (χ0) is 21.5. The number of halogens is 1. The molecule has 0 saturated heterocycles. The highest BCUT2D eigenvalue weighted by Gasteiger charge is 2.13. The first-order valence-corrected chi connectivity index (χ1v) is 10.3. The van der Waals surface area contributed by atoms with Crippen LogP contribution < -0.4 is 10.1 Å². The van der Waals surface area contributed by atoms with E-state index in [1.165, 1.54) is 0 Å². The third-order valence-corrected chi connectivity index (χ3v) is 5.39. The van der Waals surface area contributed by atoms with E-state index < -0.39 is 0 Å². The second-order valence-corrected chi connectivity index (χ2v) is 7.83. The van der Waals surface area contributed by atoms with E-state index in [0.29, 0.717) is 23.5 Å². The first-order chi connectivity index (χ1) is 14.4. The van der Waals surface area contributed by atoms with Crippen molar-refractivity contribution >= 4 is 33.4 Å². The summed E-state index contributed by atoms with van der Waals surface area (Å²) in [6.45, 7) is 2.35. The Morgan fingerprint density at radius 1 is 1.00 bits per heavy atom. The van der Waals surface area contributed by atoms with Gasteiger partial charge in [-0.2, -0.15) is 0 Å². The molecule has 1 N–H and O–H groups in total. The van der Waals surface area contributed by atoms with Crippen molar-refractivity contribution in [3.05, 3.63) is 94.0 Å². The molecular weight excluding hydrogens is 444 g/mol. The lowest BCUT2D eigenvalue weighted by Gasteiger charge is -2.18. The lowest BCUT2D eigenvalue weighted by Crippen LogP contribution is -2.26. The number of carbonyl (C=O) groups is 2. The second-order valence-electron chi connectivity index (χ2n) is 6.98. The van der Waals surface area contributed by atoms with Crippen LogP contribution in [0.15, 0.2) is 77.3 Å². The molecule has 2 amide bonds. The Bertz CT molecular complexity index is 1040. The van der Waals surface area contributed by atoms with E-state index in [4.69, 9.17) is 4.74 Å². The number of aryl methyl sites for hydroxylation is 1. The fourth-order valence-electron chi connectivity index (χ4n) is 2.93. The monoisotopic (exact) mass is 466 g/mol. The van der Waals surface area contributed by atoms with Crippen molar-refractivity contribution in [2.45, 2.75) is 13.5 Å². The molecule has 0 aliphatic heterocycles. The van der Waals surface area contributed by atoms with Crippen LogP contribution in [0.2, 0.25) is 0 Å². The molecule has 0 heterocycles. The highest BCUT2D eigenvalue weighted by Crippen LogP contribution is 2.21. The largest absolute Gasteiger partial charge is 0.484 e. The maximum Gasteiger partial charge on any atom is 0.262 e. The number of rotatable bonds is 7. The van der Waals surface area contributed by atoms with Gasteiger partial charge in [0.15, 0.2) is 6.61 Å². The van der Waals surface area contributed by atoms with Crippen molar-refractivity contribution in [2.24, 2.45) is 0 Å². The van der Waals surface area contributed by atoms with Crippen LogP contribution in [-0.2, 0) is 11.3 Å². The first-order valence-electron chi connectivity index (χ1n) is 9.50. The van der Waals surface area contributed by atoms with E-state index in [2.05, 4.69) is 21.2 Å². The summed E-state index contributed by atoms with van der Waals surface area (Å²) in [7, 11) is 1.76. The van der Waals surface area contributed by atoms with Crippen LogP contribution in [0.3, 0.4) is 0 Å². The van der Waals surface area contributed by atoms with Crippen LogP contribution in [0.25, 0.3) is 0 Å². The minimum absolute atomic E-state index is 0.114. The van der Waals surface area contributed by atoms with Crippen molar-refractivity contribution in [3.8, 4) is 5.75 Å². The van der Waals surface area contributed by atoms with Crippen LogP contribution in [0.5, 0.6) is 5.75 Å². The Labute approximate surface area is 184 Å². The number of benzene rings is 3. The summed E-state index contributed by atoms with van der Waals surface area (Å²) in [5.74, 6) is 0.215. The van der Waals surface area contributed by atoms with E-state index in [1.54, 1.807) is 42.3 Å². The summed E-state index contributed by atoms with van der Waals surface area (Å²) in [5, 5.41) is 2.78. The van der Waals surface area contributed by atoms with E-state index in [9.17, 15) is 9.59 Å². The van der Waals surface area contributed by atoms with Crippen LogP contribution >= 0.6 is 15.9 Å². The average Bonchev–Trinajstić information content (AvgIpc) is 2.75. The van der Waals surface area contributed by atoms with Gasteiger partial charge in [0.2, 0.25) is 0 Å². The zero-order valence-electron chi connectivity index (χ0n) is 16.9. The van der Waals surface area contributed by atoms with Crippen molar-refractivity contribution < 1.29 is 14.3 Å². The molecule has 154 valence electrons. The molecule has 0 saturated carbocycles. The number of nitrogens with zero attached hydrogens (tertiary/aromatic N) is 1. The lowest BCUT2D eigenvalue weighted by atomic mass is 10.1. The molecule has 3 aromatic carbocycles. The standard InChI is InChI=1S/C24H23BrN2O3/c1-17-13-21(11-12-22(17)25)30-16-23(28)26-20-10-6-9-19(14-20)24(29)27(2)15-18-7-4-3-5-8-18/h3-14H,15-16H2,1-2H3,(H,26,28). The van der Waals surface area contributed by atoms with Crippen LogP contribution in [0.4, 0.5) is 5.69 Å². The Hall–Kier alpha value is -3.12. The average molecular weight is 467 g/mol. The Balaban J connectivity index is 1.58. The maximum absolute atomic E-state index is 12.7. The van der Waals surface area contributed by atoms with Crippen molar-refractivity contribution in [2.75, 3.05) is 19.0 Å². The molecule has 0 bridgehead atoms. The number of ether oxygens (including phenoxy) is 1. The molecule has 0 aromatic heterocycles. The maximum atomic E-state index is 12.7. The van der Waals surface area contributed by atoms with Gasteiger partial charge in [0, 0.05) is 29.3 Å². The molecule has 0 aliphatic carbocycles. The van der Waals surface area contributed by atoms with Crippen molar-refractivity contribution in [1.82, 2.24) is 4.90 Å². The van der Waals surface area contributed by atoms with Gasteiger partial charge in [-0.25, -0.2) is 0 Å². The SMILES string of the molecule is Cc1cc(OCC(=O)Nc2cccc(C(=O)N(C)Cc3ccccc3)c2)ccc1Br. The van der Waals surface area contributed by atoms with Gasteiger partial charge in [0.05, 0.1) is 0 Å². The Morgan fingerprint density at radius 3 is 2.50 bits per heavy atom. The number of hydrogen-bond donors (Lipinski definition) is 1. The molecule has 3 rings (SSSR count). The summed E-state index contributed by atoms with van der Waals surface area (Å²) in [6, 6.07) is 22.2. The number of carbonyl (C=O) groups excluding carboxylic acids is 2. The summed E-state index contributed by atoms with van der Waals surface area (Å²) in [5.41, 5.74) is 3.14. The smallest absolute Gasteiger partial charge is 0.262 e. The highest BCUT2D eigenvalue weighted by molar-refractivity contribution is 9.10. The minimum Gasteiger partial charge on any atom is -0.484 e. The lowest BCUT2D eigenvalue weighted by molar-refractivity contribution is -0.118. The van der Waals surface area contributed by atoms with Gasteiger partial charge < -0.3 is 15.0 Å². The molecule has 30 heavy (non-hydrogen) atoms. The van der Waals surface area contributed by atoms with E-state index in [1.807, 2.05) is 49.4 Å². The molecule has 0 atom stereocenters. The molecule has 0 unspecified atom stereocenters. The molecule has 3 aromatic rings. The van der Waals surface area contributed by atoms with Crippen LogP contribution in [0, 0.1) is 6.92 Å². The third-order valence-electron chi connectivity index (χ3n) is 4.50. The molecule has 6 heteroatoms. The molecule has 0 fully saturated rings. The third kappa shape index (κ3) is 5.94. The van der Waals surface area contributed by atoms with Gasteiger partial charge in [0.25, 0.3) is 11.8 Å². The number of hydrogen-bond acceptors (Lipinski definition) is 3. The number of nitrogens with one attached hydrogen (secondary N) is 1. The van der Waals surface area contributed by atoms with Crippen molar-refractivity contribution in [1.29, 1.82) is 0 Å². The molecule has 0 radical (unpaired) electrons. The van der Waals surface area contributed by atoms with Crippen molar-refractivity contribution in [3.63, 3.8) is 0 Å². The van der Waals surface area contributed by atoms with Gasteiger partial charge in [-0.3, -0.25) is 9.59 Å². The van der Waals surface area contributed by atoms with E-state index >= 15 is 0 Å². The van der Waals surface area contributed by atoms with E-state index in [-0.39, 0.29) is 18.4 Å². The summed E-state index contributed by atoms with van der Waals surface area (Å²) < 4.78 is 6.53. The van der Waals surface area contributed by atoms with Gasteiger partial charge in [-0.15, -0.1) is 0 Å². The van der Waals surface area contributed by atoms with Gasteiger partial charge in [-0.1, -0.05) is 52.3 Å². The predicted octanol–water partition coefficient (Wildman–Crippen LogP) is 5.05. The molecular formula is C24H23BrN2O3. The van der Waals surface area contributed by atoms with Gasteiger partial charge in [0.1, 0.15) is 5.75 Å². The minimum atomic E-state index is -0.294. The van der Waals surface area contributed by atoms with Gasteiger partial charge in [-0.05, 0) is 54.4 Å². The predicted molar refractivity (Wildman–Crippen MR) is 122 cm³/mol. The topological polar surface area (TPSA) is 58.6 Å². The number of anilines is 1. The summed E-state index contributed by atoms with van der Waals surface area (Å²) in [4.78, 5) is 26.6. The zero-order valence-corrected chi connectivity index (χ0v) is 18.5. The normalized spacial score (nSPS) is 10.4. The summed E-state index contributed by atoms with van der Waals surface area (Å²) in [6.07, 6.45) is 0.